The van der Waals surface area contributed by atoms with Gasteiger partial charge in [-0.15, -0.1) is 0 Å². The lowest BCUT2D eigenvalue weighted by molar-refractivity contribution is 0.0695. The Labute approximate surface area is 114 Å². The predicted molar refractivity (Wildman–Crippen MR) is 81.0 cm³/mol. The van der Waals surface area contributed by atoms with Gasteiger partial charge in [0, 0.05) is 17.1 Å². The van der Waals surface area contributed by atoms with Crippen molar-refractivity contribution in [1.29, 1.82) is 0 Å². The van der Waals surface area contributed by atoms with Gasteiger partial charge in [0.25, 0.3) is 0 Å². The largest absolute Gasteiger partial charge is 0.477 e. The van der Waals surface area contributed by atoms with Gasteiger partial charge in [-0.05, 0) is 12.1 Å². The molecule has 0 aliphatic carbocycles. The van der Waals surface area contributed by atoms with Crippen LogP contribution < -0.4 is 5.43 Å². The second-order valence-electron chi connectivity index (χ2n) is 3.59. The molecule has 19 heavy (non-hydrogen) atoms. The smallest absolute Gasteiger partial charge is 0.341 e. The number of carboxylic acids is 1. The van der Waals surface area contributed by atoms with Gasteiger partial charge in [0.1, 0.15) is 5.56 Å². The maximum absolute atomic E-state index is 11.6. The van der Waals surface area contributed by atoms with E-state index in [1.165, 1.54) is 12.6 Å². The maximum atomic E-state index is 11.6. The quantitative estimate of drug-likeness (QED) is 0.821. The number of hydrogen-bond acceptors (Lipinski definition) is 2. The third-order valence-corrected chi connectivity index (χ3v) is 2.02. The van der Waals surface area contributed by atoms with E-state index in [4.69, 9.17) is 5.11 Å². The van der Waals surface area contributed by atoms with Crippen LogP contribution in [-0.2, 0) is 0 Å². The number of rotatable bonds is 1. The van der Waals surface area contributed by atoms with Gasteiger partial charge in [-0.1, -0.05) is 47.3 Å². The van der Waals surface area contributed by atoms with Crippen molar-refractivity contribution in [2.75, 3.05) is 0 Å². The highest BCUT2D eigenvalue weighted by atomic mass is 16.4. The molecule has 4 heteroatoms. The maximum Gasteiger partial charge on any atom is 0.341 e. The number of benzene rings is 1. The number of carboxylic acid groups (broad SMARTS) is 1. The SMILES string of the molecule is C.C.CCC.O=C(O)c1c[nH]c2ccccc2c1=O. The molecular weight excluding hydrogens is 242 g/mol. The zero-order valence-corrected chi connectivity index (χ0v) is 9.86. The molecule has 2 aromatic rings. The predicted octanol–water partition coefficient (Wildman–Crippen LogP) is 3.91. The van der Waals surface area contributed by atoms with Gasteiger partial charge in [0.15, 0.2) is 0 Å². The number of H-pyrrole nitrogens is 1. The summed E-state index contributed by atoms with van der Waals surface area (Å²) in [5.41, 5.74) is -0.0435. The number of hydrogen-bond donors (Lipinski definition) is 2. The van der Waals surface area contributed by atoms with Crippen LogP contribution in [0.25, 0.3) is 10.9 Å². The Hall–Kier alpha value is -2.10. The summed E-state index contributed by atoms with van der Waals surface area (Å²) in [4.78, 5) is 25.0. The molecule has 0 saturated heterocycles. The van der Waals surface area contributed by atoms with Gasteiger partial charge in [0.05, 0.1) is 0 Å². The normalized spacial score (nSPS) is 8.53. The first kappa shape index (κ1) is 19.2. The second-order valence-corrected chi connectivity index (χ2v) is 3.59. The van der Waals surface area contributed by atoms with Gasteiger partial charge < -0.3 is 10.1 Å². The monoisotopic (exact) mass is 265 g/mol. The van der Waals surface area contributed by atoms with Crippen molar-refractivity contribution in [3.63, 3.8) is 0 Å². The summed E-state index contributed by atoms with van der Waals surface area (Å²) in [5.74, 6) is -1.21. The number of fused-ring (bicyclic) bond motifs is 1. The average Bonchev–Trinajstić information content (AvgIpc) is 2.30. The van der Waals surface area contributed by atoms with Crippen molar-refractivity contribution >= 4 is 16.9 Å². The van der Waals surface area contributed by atoms with Crippen LogP contribution in [0, 0.1) is 0 Å². The van der Waals surface area contributed by atoms with Crippen LogP contribution in [0.1, 0.15) is 45.5 Å². The standard InChI is InChI=1S/C10H7NO3.C3H8.2CH4/c12-9-6-3-1-2-4-8(6)11-5-7(9)10(13)14;1-3-2;;/h1-5H,(H,11,12)(H,13,14);3H2,1-2H3;2*1H4. The molecule has 0 radical (unpaired) electrons. The van der Waals surface area contributed by atoms with Crippen LogP contribution in [0.15, 0.2) is 35.3 Å². The van der Waals surface area contributed by atoms with E-state index in [1.807, 2.05) is 0 Å². The van der Waals surface area contributed by atoms with Gasteiger partial charge in [0.2, 0.25) is 5.43 Å². The van der Waals surface area contributed by atoms with Crippen molar-refractivity contribution in [1.82, 2.24) is 4.98 Å². The minimum atomic E-state index is -1.21. The molecule has 0 fully saturated rings. The first-order valence-corrected chi connectivity index (χ1v) is 5.45. The van der Waals surface area contributed by atoms with Gasteiger partial charge >= 0.3 is 5.97 Å². The van der Waals surface area contributed by atoms with Crippen molar-refractivity contribution in [2.24, 2.45) is 0 Å². The minimum absolute atomic E-state index is 0. The molecule has 0 aliphatic rings. The Morgan fingerprint density at radius 3 is 2.26 bits per heavy atom. The van der Waals surface area contributed by atoms with Crippen molar-refractivity contribution < 1.29 is 9.90 Å². The number of pyridine rings is 1. The Bertz CT molecular complexity index is 573. The van der Waals surface area contributed by atoms with E-state index in [2.05, 4.69) is 18.8 Å². The van der Waals surface area contributed by atoms with Crippen LogP contribution in [-0.4, -0.2) is 16.1 Å². The summed E-state index contributed by atoms with van der Waals surface area (Å²) in [6, 6.07) is 6.80. The van der Waals surface area contributed by atoms with E-state index >= 15 is 0 Å². The number of para-hydroxylation sites is 1. The average molecular weight is 265 g/mol. The molecule has 0 spiro atoms. The summed E-state index contributed by atoms with van der Waals surface area (Å²) in [6.45, 7) is 4.25. The number of carbonyl (C=O) groups is 1. The Kier molecular flexibility index (Phi) is 9.03. The molecule has 2 rings (SSSR count). The molecule has 0 amide bonds. The first-order chi connectivity index (χ1) is 8.11. The Balaban J connectivity index is 0. The van der Waals surface area contributed by atoms with E-state index in [0.717, 1.165) is 0 Å². The van der Waals surface area contributed by atoms with Gasteiger partial charge in [-0.2, -0.15) is 0 Å². The molecule has 106 valence electrons. The van der Waals surface area contributed by atoms with Crippen molar-refractivity contribution in [3.8, 4) is 0 Å². The minimum Gasteiger partial charge on any atom is -0.477 e. The molecule has 0 atom stereocenters. The summed E-state index contributed by atoms with van der Waals surface area (Å²) < 4.78 is 0. The molecule has 0 aliphatic heterocycles. The summed E-state index contributed by atoms with van der Waals surface area (Å²) in [7, 11) is 0. The molecular formula is C15H23NO3. The molecule has 0 saturated carbocycles. The Morgan fingerprint density at radius 1 is 1.21 bits per heavy atom. The van der Waals surface area contributed by atoms with Gasteiger partial charge in [-0.3, -0.25) is 4.79 Å². The number of aromatic carboxylic acids is 1. The van der Waals surface area contributed by atoms with E-state index in [0.29, 0.717) is 10.9 Å². The van der Waals surface area contributed by atoms with Gasteiger partial charge in [-0.25, -0.2) is 4.79 Å². The molecule has 4 nitrogen and oxygen atoms in total. The van der Waals surface area contributed by atoms with E-state index < -0.39 is 11.4 Å². The fraction of sp³-hybridized carbons (Fsp3) is 0.333. The van der Waals surface area contributed by atoms with E-state index in [1.54, 1.807) is 24.3 Å². The third-order valence-electron chi connectivity index (χ3n) is 2.02. The van der Waals surface area contributed by atoms with Crippen LogP contribution >= 0.6 is 0 Å². The molecule has 2 N–H and O–H groups in total. The lowest BCUT2D eigenvalue weighted by atomic mass is 10.1. The fourth-order valence-corrected chi connectivity index (χ4v) is 1.33. The third kappa shape index (κ3) is 4.58. The fourth-order valence-electron chi connectivity index (χ4n) is 1.33. The summed E-state index contributed by atoms with van der Waals surface area (Å²) in [5, 5.41) is 9.10. The molecule has 1 aromatic carbocycles. The van der Waals surface area contributed by atoms with Crippen LogP contribution in [0.2, 0.25) is 0 Å². The second kappa shape index (κ2) is 8.91. The topological polar surface area (TPSA) is 70.2 Å². The number of nitrogens with one attached hydrogen (secondary N) is 1. The molecule has 1 heterocycles. The molecule has 0 bridgehead atoms. The van der Waals surface area contributed by atoms with E-state index in [-0.39, 0.29) is 20.4 Å². The summed E-state index contributed by atoms with van der Waals surface area (Å²) in [6.07, 6.45) is 2.47. The highest BCUT2D eigenvalue weighted by molar-refractivity contribution is 5.92. The zero-order chi connectivity index (χ0) is 12.8. The lowest BCUT2D eigenvalue weighted by Gasteiger charge is -1.98. The number of aromatic nitrogens is 1. The lowest BCUT2D eigenvalue weighted by Crippen LogP contribution is -2.14. The van der Waals surface area contributed by atoms with Crippen molar-refractivity contribution in [2.45, 2.75) is 35.1 Å². The van der Waals surface area contributed by atoms with Crippen LogP contribution in [0.4, 0.5) is 0 Å². The Morgan fingerprint density at radius 2 is 1.74 bits per heavy atom. The van der Waals surface area contributed by atoms with Crippen LogP contribution in [0.3, 0.4) is 0 Å². The zero-order valence-electron chi connectivity index (χ0n) is 9.86. The van der Waals surface area contributed by atoms with Crippen molar-refractivity contribution in [3.05, 3.63) is 46.2 Å². The highest BCUT2D eigenvalue weighted by Crippen LogP contribution is 2.06. The molecule has 1 aromatic heterocycles. The van der Waals surface area contributed by atoms with Crippen LogP contribution in [0.5, 0.6) is 0 Å². The molecule has 0 unspecified atom stereocenters. The van der Waals surface area contributed by atoms with E-state index in [9.17, 15) is 9.59 Å². The summed E-state index contributed by atoms with van der Waals surface area (Å²) >= 11 is 0. The highest BCUT2D eigenvalue weighted by Gasteiger charge is 2.10. The number of aromatic amines is 1. The first-order valence-electron chi connectivity index (χ1n) is 5.45.